The summed E-state index contributed by atoms with van der Waals surface area (Å²) in [6.07, 6.45) is 0.471. The maximum absolute atomic E-state index is 11.8. The second-order valence-corrected chi connectivity index (χ2v) is 4.40. The number of amides is 1. The van der Waals surface area contributed by atoms with Gasteiger partial charge in [-0.05, 0) is 44.2 Å². The van der Waals surface area contributed by atoms with Crippen molar-refractivity contribution in [3.63, 3.8) is 0 Å². The summed E-state index contributed by atoms with van der Waals surface area (Å²) < 4.78 is 5.18. The molecule has 0 heterocycles. The van der Waals surface area contributed by atoms with E-state index < -0.39 is 0 Å². The highest BCUT2D eigenvalue weighted by atomic mass is 16.5. The van der Waals surface area contributed by atoms with Gasteiger partial charge in [-0.25, -0.2) is 0 Å². The molecule has 1 atom stereocenters. The lowest BCUT2D eigenvalue weighted by molar-refractivity contribution is -0.116. The van der Waals surface area contributed by atoms with E-state index in [1.807, 2.05) is 39.0 Å². The van der Waals surface area contributed by atoms with Crippen molar-refractivity contribution in [2.75, 3.05) is 19.0 Å². The SMILES string of the molecule is CCNC(C)CC(=O)Nc1ccc(OC)c(C)c1. The fraction of sp³-hybridized carbons (Fsp3) is 0.500. The van der Waals surface area contributed by atoms with E-state index in [-0.39, 0.29) is 11.9 Å². The molecule has 0 aromatic heterocycles. The van der Waals surface area contributed by atoms with Gasteiger partial charge >= 0.3 is 0 Å². The Kier molecular flexibility index (Phi) is 5.65. The largest absolute Gasteiger partial charge is 0.496 e. The summed E-state index contributed by atoms with van der Waals surface area (Å²) in [4.78, 5) is 11.8. The lowest BCUT2D eigenvalue weighted by Gasteiger charge is -2.13. The van der Waals surface area contributed by atoms with Crippen LogP contribution in [0.15, 0.2) is 18.2 Å². The Balaban J connectivity index is 2.57. The van der Waals surface area contributed by atoms with Gasteiger partial charge in [-0.3, -0.25) is 4.79 Å². The van der Waals surface area contributed by atoms with E-state index >= 15 is 0 Å². The summed E-state index contributed by atoms with van der Waals surface area (Å²) >= 11 is 0. The number of rotatable bonds is 6. The van der Waals surface area contributed by atoms with Crippen LogP contribution in [0.5, 0.6) is 5.75 Å². The van der Waals surface area contributed by atoms with Crippen LogP contribution in [0.1, 0.15) is 25.8 Å². The molecule has 1 rings (SSSR count). The van der Waals surface area contributed by atoms with Crippen molar-refractivity contribution in [1.82, 2.24) is 5.32 Å². The van der Waals surface area contributed by atoms with Crippen LogP contribution in [0.4, 0.5) is 5.69 Å². The first kappa shape index (κ1) is 14.5. The number of benzene rings is 1. The number of hydrogen-bond acceptors (Lipinski definition) is 3. The maximum Gasteiger partial charge on any atom is 0.225 e. The zero-order valence-electron chi connectivity index (χ0n) is 11.5. The molecule has 18 heavy (non-hydrogen) atoms. The number of nitrogens with one attached hydrogen (secondary N) is 2. The molecule has 0 fully saturated rings. The average Bonchev–Trinajstić information content (AvgIpc) is 2.29. The zero-order valence-corrected chi connectivity index (χ0v) is 11.5. The molecule has 0 aliphatic rings. The highest BCUT2D eigenvalue weighted by Gasteiger charge is 2.08. The predicted molar refractivity (Wildman–Crippen MR) is 74.1 cm³/mol. The van der Waals surface area contributed by atoms with Gasteiger partial charge in [-0.2, -0.15) is 0 Å². The topological polar surface area (TPSA) is 50.4 Å². The number of anilines is 1. The van der Waals surface area contributed by atoms with Gasteiger partial charge in [0.15, 0.2) is 0 Å². The van der Waals surface area contributed by atoms with Crippen LogP contribution < -0.4 is 15.4 Å². The number of methoxy groups -OCH3 is 1. The van der Waals surface area contributed by atoms with Crippen LogP contribution >= 0.6 is 0 Å². The first-order chi connectivity index (χ1) is 8.56. The van der Waals surface area contributed by atoms with Crippen molar-refractivity contribution < 1.29 is 9.53 Å². The molecule has 1 unspecified atom stereocenters. The lowest BCUT2D eigenvalue weighted by Crippen LogP contribution is -2.30. The van der Waals surface area contributed by atoms with E-state index in [2.05, 4.69) is 10.6 Å². The minimum atomic E-state index is 0.0213. The molecule has 0 aliphatic heterocycles. The van der Waals surface area contributed by atoms with E-state index in [9.17, 15) is 4.79 Å². The molecule has 1 aromatic carbocycles. The van der Waals surface area contributed by atoms with Gasteiger partial charge in [-0.15, -0.1) is 0 Å². The summed E-state index contributed by atoms with van der Waals surface area (Å²) in [6.45, 7) is 6.86. The van der Waals surface area contributed by atoms with Crippen molar-refractivity contribution in [3.05, 3.63) is 23.8 Å². The Morgan fingerprint density at radius 3 is 2.72 bits per heavy atom. The fourth-order valence-corrected chi connectivity index (χ4v) is 1.87. The highest BCUT2D eigenvalue weighted by Crippen LogP contribution is 2.21. The van der Waals surface area contributed by atoms with Gasteiger partial charge in [0, 0.05) is 18.2 Å². The summed E-state index contributed by atoms with van der Waals surface area (Å²) in [5.41, 5.74) is 1.82. The molecule has 0 radical (unpaired) electrons. The third kappa shape index (κ3) is 4.37. The molecule has 0 aliphatic carbocycles. The van der Waals surface area contributed by atoms with E-state index in [0.717, 1.165) is 23.5 Å². The number of aryl methyl sites for hydroxylation is 1. The van der Waals surface area contributed by atoms with Gasteiger partial charge in [-0.1, -0.05) is 6.92 Å². The van der Waals surface area contributed by atoms with Crippen LogP contribution in [0.2, 0.25) is 0 Å². The van der Waals surface area contributed by atoms with Gasteiger partial charge in [0.25, 0.3) is 0 Å². The van der Waals surface area contributed by atoms with E-state index in [1.54, 1.807) is 7.11 Å². The zero-order chi connectivity index (χ0) is 13.5. The van der Waals surface area contributed by atoms with Crippen molar-refractivity contribution >= 4 is 11.6 Å². The Morgan fingerprint density at radius 2 is 2.17 bits per heavy atom. The number of carbonyl (C=O) groups excluding carboxylic acids is 1. The van der Waals surface area contributed by atoms with Gasteiger partial charge < -0.3 is 15.4 Å². The van der Waals surface area contributed by atoms with Gasteiger partial charge in [0.1, 0.15) is 5.75 Å². The summed E-state index contributed by atoms with van der Waals surface area (Å²) in [5, 5.41) is 6.10. The summed E-state index contributed by atoms with van der Waals surface area (Å²) in [7, 11) is 1.64. The van der Waals surface area contributed by atoms with E-state index in [0.29, 0.717) is 6.42 Å². The molecule has 1 aromatic rings. The van der Waals surface area contributed by atoms with E-state index in [1.165, 1.54) is 0 Å². The fourth-order valence-electron chi connectivity index (χ4n) is 1.87. The second-order valence-electron chi connectivity index (χ2n) is 4.40. The molecule has 1 amide bonds. The van der Waals surface area contributed by atoms with E-state index in [4.69, 9.17) is 4.74 Å². The first-order valence-electron chi connectivity index (χ1n) is 6.24. The molecule has 0 bridgehead atoms. The maximum atomic E-state index is 11.8. The number of carbonyl (C=O) groups is 1. The monoisotopic (exact) mass is 250 g/mol. The molecule has 100 valence electrons. The number of hydrogen-bond donors (Lipinski definition) is 2. The Labute approximate surface area is 109 Å². The summed E-state index contributed by atoms with van der Waals surface area (Å²) in [6, 6.07) is 5.81. The van der Waals surface area contributed by atoms with Crippen molar-refractivity contribution in [1.29, 1.82) is 0 Å². The second kappa shape index (κ2) is 7.01. The molecule has 0 saturated heterocycles. The third-order valence-corrected chi connectivity index (χ3v) is 2.72. The smallest absolute Gasteiger partial charge is 0.225 e. The van der Waals surface area contributed by atoms with Crippen molar-refractivity contribution in [3.8, 4) is 5.75 Å². The van der Waals surface area contributed by atoms with Crippen LogP contribution in [0, 0.1) is 6.92 Å². The van der Waals surface area contributed by atoms with Crippen LogP contribution in [-0.2, 0) is 4.79 Å². The van der Waals surface area contributed by atoms with Crippen LogP contribution in [-0.4, -0.2) is 25.6 Å². The average molecular weight is 250 g/mol. The minimum absolute atomic E-state index is 0.0213. The first-order valence-corrected chi connectivity index (χ1v) is 6.24. The summed E-state index contributed by atoms with van der Waals surface area (Å²) in [5.74, 6) is 0.849. The Bertz CT molecular complexity index is 405. The molecular formula is C14H22N2O2. The molecular weight excluding hydrogens is 228 g/mol. The molecule has 0 spiro atoms. The van der Waals surface area contributed by atoms with Crippen molar-refractivity contribution in [2.45, 2.75) is 33.2 Å². The van der Waals surface area contributed by atoms with Crippen LogP contribution in [0.25, 0.3) is 0 Å². The molecule has 4 nitrogen and oxygen atoms in total. The standard InChI is InChI=1S/C14H22N2O2/c1-5-15-11(3)9-14(17)16-12-6-7-13(18-4)10(2)8-12/h6-8,11,15H,5,9H2,1-4H3,(H,16,17). The lowest BCUT2D eigenvalue weighted by atomic mass is 10.2. The quantitative estimate of drug-likeness (QED) is 0.814. The normalized spacial score (nSPS) is 12.0. The molecule has 2 N–H and O–H groups in total. The van der Waals surface area contributed by atoms with Gasteiger partial charge in [0.2, 0.25) is 5.91 Å². The Morgan fingerprint density at radius 1 is 1.44 bits per heavy atom. The molecule has 0 saturated carbocycles. The highest BCUT2D eigenvalue weighted by molar-refractivity contribution is 5.91. The molecule has 4 heteroatoms. The minimum Gasteiger partial charge on any atom is -0.496 e. The predicted octanol–water partition coefficient (Wildman–Crippen LogP) is 2.33. The Hall–Kier alpha value is -1.55. The number of ether oxygens (including phenoxy) is 1. The van der Waals surface area contributed by atoms with Gasteiger partial charge in [0.05, 0.1) is 7.11 Å². The van der Waals surface area contributed by atoms with Crippen molar-refractivity contribution in [2.24, 2.45) is 0 Å². The third-order valence-electron chi connectivity index (χ3n) is 2.72. The van der Waals surface area contributed by atoms with Crippen LogP contribution in [0.3, 0.4) is 0 Å².